The molecule has 4 atom stereocenters. The Bertz CT molecular complexity index is 1120. The molecule has 3 N–H and O–H groups in total. The predicted octanol–water partition coefficient (Wildman–Crippen LogP) is 4.86. The maximum atomic E-state index is 13.5. The molecule has 0 unspecified atom stereocenters. The highest BCUT2D eigenvalue weighted by atomic mass is 35.5. The van der Waals surface area contributed by atoms with E-state index in [0.29, 0.717) is 60.4 Å². The molecule has 8 nitrogen and oxygen atoms in total. The Morgan fingerprint density at radius 1 is 1.24 bits per heavy atom. The van der Waals surface area contributed by atoms with Crippen LogP contribution in [0.4, 0.5) is 4.79 Å². The van der Waals surface area contributed by atoms with Crippen LogP contribution in [0.3, 0.4) is 0 Å². The van der Waals surface area contributed by atoms with Crippen LogP contribution in [0, 0.1) is 18.8 Å². The zero-order valence-electron chi connectivity index (χ0n) is 22.6. The lowest BCUT2D eigenvalue weighted by atomic mass is 9.72. The van der Waals surface area contributed by atoms with Crippen molar-refractivity contribution in [3.05, 3.63) is 46.7 Å². The summed E-state index contributed by atoms with van der Waals surface area (Å²) in [6, 6.07) is 9.68. The largest absolute Gasteiger partial charge is 0.461 e. The van der Waals surface area contributed by atoms with Crippen molar-refractivity contribution in [2.75, 3.05) is 33.8 Å². The Labute approximate surface area is 230 Å². The number of aliphatic hydroxyl groups is 1. The van der Waals surface area contributed by atoms with Gasteiger partial charge in [-0.1, -0.05) is 23.7 Å². The third-order valence-electron chi connectivity index (χ3n) is 8.25. The molecule has 1 saturated heterocycles. The summed E-state index contributed by atoms with van der Waals surface area (Å²) in [6.07, 6.45) is 4.74. The quantitative estimate of drug-likeness (QED) is 0.389. The maximum Gasteiger partial charge on any atom is 0.406 e. The summed E-state index contributed by atoms with van der Waals surface area (Å²) in [5.74, 6) is 1.36. The van der Waals surface area contributed by atoms with Crippen molar-refractivity contribution in [2.24, 2.45) is 11.8 Å². The highest BCUT2D eigenvalue weighted by molar-refractivity contribution is 6.33. The Balaban J connectivity index is 1.64. The summed E-state index contributed by atoms with van der Waals surface area (Å²) in [7, 11) is 3.28. The zero-order valence-corrected chi connectivity index (χ0v) is 23.4. The molecule has 1 aromatic heterocycles. The minimum Gasteiger partial charge on any atom is -0.461 e. The number of rotatable bonds is 9. The molecular formula is C29H40ClN3O5. The van der Waals surface area contributed by atoms with Crippen LogP contribution in [0.15, 0.2) is 34.7 Å². The number of benzene rings is 1. The Morgan fingerprint density at radius 3 is 2.74 bits per heavy atom. The average molecular weight is 546 g/mol. The van der Waals surface area contributed by atoms with Gasteiger partial charge in [-0.2, -0.15) is 0 Å². The molecule has 1 aliphatic carbocycles. The van der Waals surface area contributed by atoms with Crippen LogP contribution in [0.5, 0.6) is 0 Å². The van der Waals surface area contributed by atoms with Crippen molar-refractivity contribution in [3.8, 4) is 11.3 Å². The van der Waals surface area contributed by atoms with E-state index in [4.69, 9.17) is 20.8 Å². The van der Waals surface area contributed by atoms with E-state index in [0.717, 1.165) is 37.9 Å². The minimum atomic E-state index is -1.29. The number of hydrogen-bond donors (Lipinski definition) is 3. The molecule has 208 valence electrons. The van der Waals surface area contributed by atoms with Gasteiger partial charge in [-0.05, 0) is 82.7 Å². The van der Waals surface area contributed by atoms with Gasteiger partial charge < -0.3 is 29.8 Å². The number of ether oxygens (including phenoxy) is 1. The van der Waals surface area contributed by atoms with Crippen LogP contribution < -0.4 is 10.6 Å². The molecule has 2 amide bonds. The summed E-state index contributed by atoms with van der Waals surface area (Å²) in [6.45, 7) is 3.41. The second-order valence-corrected chi connectivity index (χ2v) is 11.0. The third-order valence-corrected chi connectivity index (χ3v) is 8.57. The molecule has 1 saturated carbocycles. The predicted molar refractivity (Wildman–Crippen MR) is 147 cm³/mol. The number of methoxy groups -OCH3 is 1. The molecule has 2 fully saturated rings. The van der Waals surface area contributed by atoms with Crippen molar-refractivity contribution >= 4 is 23.6 Å². The molecule has 0 bridgehead atoms. The molecule has 2 aromatic rings. The minimum absolute atomic E-state index is 0.0244. The molecule has 38 heavy (non-hydrogen) atoms. The number of piperidine rings is 1. The van der Waals surface area contributed by atoms with E-state index in [1.165, 1.54) is 7.11 Å². The van der Waals surface area contributed by atoms with Crippen LogP contribution in [0.25, 0.3) is 11.3 Å². The lowest BCUT2D eigenvalue weighted by Gasteiger charge is -2.44. The number of amides is 2. The van der Waals surface area contributed by atoms with E-state index in [2.05, 4.69) is 10.6 Å². The van der Waals surface area contributed by atoms with E-state index < -0.39 is 11.7 Å². The molecular weight excluding hydrogens is 506 g/mol. The summed E-state index contributed by atoms with van der Waals surface area (Å²) in [5, 5.41) is 19.1. The molecule has 0 spiro atoms. The smallest absolute Gasteiger partial charge is 0.406 e. The van der Waals surface area contributed by atoms with Crippen molar-refractivity contribution in [2.45, 2.75) is 63.5 Å². The first kappa shape index (κ1) is 28.5. The molecule has 2 aliphatic rings. The summed E-state index contributed by atoms with van der Waals surface area (Å²) in [4.78, 5) is 27.1. The van der Waals surface area contributed by atoms with Crippen molar-refractivity contribution in [1.29, 1.82) is 0 Å². The summed E-state index contributed by atoms with van der Waals surface area (Å²) >= 11 is 6.72. The molecule has 2 heterocycles. The number of nitrogens with one attached hydrogen (secondary N) is 2. The normalized spacial score (nSPS) is 23.2. The molecule has 1 aromatic carbocycles. The molecule has 0 radical (unpaired) electrons. The average Bonchev–Trinajstić information content (AvgIpc) is 3.59. The summed E-state index contributed by atoms with van der Waals surface area (Å²) < 4.78 is 10.6. The van der Waals surface area contributed by atoms with Gasteiger partial charge in [0.1, 0.15) is 11.5 Å². The highest BCUT2D eigenvalue weighted by Gasteiger charge is 2.44. The first-order valence-electron chi connectivity index (χ1n) is 13.6. The first-order chi connectivity index (χ1) is 18.3. The lowest BCUT2D eigenvalue weighted by Crippen LogP contribution is -2.49. The van der Waals surface area contributed by atoms with Gasteiger partial charge in [-0.25, -0.2) is 4.79 Å². The number of alkyl carbamates (subject to hydrolysis) is 1. The maximum absolute atomic E-state index is 13.5. The van der Waals surface area contributed by atoms with Crippen LogP contribution >= 0.6 is 11.6 Å². The number of nitrogens with zero attached hydrogens (tertiary/aromatic N) is 1. The number of aryl methyl sites for hydroxylation is 1. The van der Waals surface area contributed by atoms with Gasteiger partial charge in [0.25, 0.3) is 0 Å². The fourth-order valence-corrected chi connectivity index (χ4v) is 6.44. The Kier molecular flexibility index (Phi) is 9.39. The fraction of sp³-hybridized carbons (Fsp3) is 0.586. The summed E-state index contributed by atoms with van der Waals surface area (Å²) in [5.41, 5.74) is 0.0653. The van der Waals surface area contributed by atoms with Gasteiger partial charge in [-0.15, -0.1) is 0 Å². The standard InChI is InChI=1S/C29H40ClN3O5/c1-19-10-13-25(38-19)26-23(8-4-9-24(26)30)29(36,14-6-15-32-28(35)37-3)21-7-5-16-33(18-21)27(34)20-11-12-22(17-20)31-2/h4,8-10,13,20-22,31,36H,5-7,11-12,14-18H2,1-3H3,(H,32,35)/t20-,21-,22+,29+/m1/s1. The van der Waals surface area contributed by atoms with Crippen LogP contribution in [-0.2, 0) is 15.1 Å². The van der Waals surface area contributed by atoms with E-state index >= 15 is 0 Å². The van der Waals surface area contributed by atoms with E-state index in [1.54, 1.807) is 6.07 Å². The number of carbonyl (C=O) groups excluding carboxylic acids is 2. The molecule has 1 aliphatic heterocycles. The Hall–Kier alpha value is -2.55. The van der Waals surface area contributed by atoms with Crippen molar-refractivity contribution in [1.82, 2.24) is 15.5 Å². The number of hydrogen-bond acceptors (Lipinski definition) is 6. The topological polar surface area (TPSA) is 104 Å². The number of carbonyl (C=O) groups is 2. The Morgan fingerprint density at radius 2 is 2.05 bits per heavy atom. The van der Waals surface area contributed by atoms with Crippen LogP contribution in [-0.4, -0.2) is 61.8 Å². The highest BCUT2D eigenvalue weighted by Crippen LogP contribution is 2.46. The van der Waals surface area contributed by atoms with Gasteiger partial charge in [0, 0.05) is 43.1 Å². The molecule has 4 rings (SSSR count). The molecule has 9 heteroatoms. The van der Waals surface area contributed by atoms with E-state index in [9.17, 15) is 14.7 Å². The zero-order chi connectivity index (χ0) is 27.3. The van der Waals surface area contributed by atoms with E-state index in [1.807, 2.05) is 43.1 Å². The third kappa shape index (κ3) is 6.19. The van der Waals surface area contributed by atoms with E-state index in [-0.39, 0.29) is 17.7 Å². The van der Waals surface area contributed by atoms with Crippen LogP contribution in [0.1, 0.15) is 56.3 Å². The van der Waals surface area contributed by atoms with Gasteiger partial charge in [0.15, 0.2) is 0 Å². The SMILES string of the molecule is CN[C@H]1CC[C@@H](C(=O)N2CCC[C@@H]([C@@](O)(CCCNC(=O)OC)c3cccc(Cl)c3-c3ccc(C)o3)C2)C1. The monoisotopic (exact) mass is 545 g/mol. The number of furan rings is 1. The number of likely N-dealkylation sites (tertiary alicyclic amines) is 1. The van der Waals surface area contributed by atoms with Crippen molar-refractivity contribution < 1.29 is 23.8 Å². The second-order valence-electron chi connectivity index (χ2n) is 10.6. The van der Waals surface area contributed by atoms with Gasteiger partial charge in [0.2, 0.25) is 5.91 Å². The van der Waals surface area contributed by atoms with Gasteiger partial charge >= 0.3 is 6.09 Å². The van der Waals surface area contributed by atoms with Gasteiger partial charge in [-0.3, -0.25) is 4.79 Å². The first-order valence-corrected chi connectivity index (χ1v) is 14.0. The lowest BCUT2D eigenvalue weighted by molar-refractivity contribution is -0.140. The van der Waals surface area contributed by atoms with Crippen molar-refractivity contribution in [3.63, 3.8) is 0 Å². The second kappa shape index (κ2) is 12.5. The number of halogens is 1. The van der Waals surface area contributed by atoms with Crippen LogP contribution in [0.2, 0.25) is 5.02 Å². The fourth-order valence-electron chi connectivity index (χ4n) is 6.18. The van der Waals surface area contributed by atoms with Gasteiger partial charge in [0.05, 0.1) is 17.7 Å².